The average Bonchev–Trinajstić information content (AvgIpc) is 3.71. The maximum absolute atomic E-state index is 5.68. The van der Waals surface area contributed by atoms with E-state index in [1.165, 1.54) is 41.6 Å². The van der Waals surface area contributed by atoms with E-state index in [-0.39, 0.29) is 0 Å². The molecule has 0 amide bonds. The molecule has 0 aromatic rings. The molecule has 0 aromatic heterocycles. The highest BCUT2D eigenvalue weighted by atomic mass is 16.5. The van der Waals surface area contributed by atoms with Crippen molar-refractivity contribution >= 4 is 5.84 Å². The maximum atomic E-state index is 5.68. The number of likely N-dealkylation sites (tertiary alicyclic amines) is 1. The first-order chi connectivity index (χ1) is 17.8. The minimum Gasteiger partial charge on any atom is -0.465 e. The summed E-state index contributed by atoms with van der Waals surface area (Å²) in [6, 6.07) is 0. The summed E-state index contributed by atoms with van der Waals surface area (Å²) in [6.07, 6.45) is 21.6. The molecule has 1 fully saturated rings. The lowest BCUT2D eigenvalue weighted by Crippen LogP contribution is -2.42. The molecule has 37 heavy (non-hydrogen) atoms. The van der Waals surface area contributed by atoms with Gasteiger partial charge in [-0.2, -0.15) is 0 Å². The smallest absolute Gasteiger partial charge is 0.129 e. The van der Waals surface area contributed by atoms with Crippen LogP contribution in [0.4, 0.5) is 0 Å². The van der Waals surface area contributed by atoms with E-state index in [0.717, 1.165) is 54.6 Å². The number of dihydropyridines is 1. The van der Waals surface area contributed by atoms with Crippen LogP contribution in [0.25, 0.3) is 0 Å². The van der Waals surface area contributed by atoms with Crippen LogP contribution in [0.3, 0.4) is 0 Å². The van der Waals surface area contributed by atoms with Gasteiger partial charge in [-0.3, -0.25) is 4.99 Å². The van der Waals surface area contributed by atoms with Crippen LogP contribution in [0.15, 0.2) is 112 Å². The zero-order valence-electron chi connectivity index (χ0n) is 22.9. The van der Waals surface area contributed by atoms with Crippen molar-refractivity contribution in [3.8, 4) is 0 Å². The Morgan fingerprint density at radius 1 is 1.27 bits per heavy atom. The van der Waals surface area contributed by atoms with Gasteiger partial charge in [0, 0.05) is 48.4 Å². The molecular formula is C33H41N3O. The average molecular weight is 496 g/mol. The van der Waals surface area contributed by atoms with E-state index in [0.29, 0.717) is 17.3 Å². The Morgan fingerprint density at radius 3 is 2.73 bits per heavy atom. The van der Waals surface area contributed by atoms with Crippen molar-refractivity contribution in [1.82, 2.24) is 10.2 Å². The Kier molecular flexibility index (Phi) is 7.02. The standard InChI is InChI=1S/C33H41N3O/c1-7-26-25(17-22(3)31-11-9-10-16-37-31)18-30(29-19-28(26)29)35-24(5)27-20-32(34-21-23(27)4)36-14-12-33(6,8-2)13-15-36/h7,10-11,16-20,23,28,35H,3,5,8-9,12-15,21H2,1-2,4,6H3/b25-17-,26-7+. The molecule has 5 aliphatic rings. The van der Waals surface area contributed by atoms with Crippen molar-refractivity contribution in [2.45, 2.75) is 53.4 Å². The molecule has 5 rings (SSSR count). The fourth-order valence-corrected chi connectivity index (χ4v) is 5.69. The summed E-state index contributed by atoms with van der Waals surface area (Å²) in [5, 5.41) is 3.69. The lowest BCUT2D eigenvalue weighted by Gasteiger charge is -2.40. The Balaban J connectivity index is 1.33. The molecule has 3 aliphatic heterocycles. The first-order valence-corrected chi connectivity index (χ1v) is 13.8. The second-order valence-corrected chi connectivity index (χ2v) is 11.3. The fraction of sp³-hybridized carbons (Fsp3) is 0.424. The van der Waals surface area contributed by atoms with Crippen LogP contribution < -0.4 is 5.32 Å². The van der Waals surface area contributed by atoms with Crippen LogP contribution in [-0.4, -0.2) is 30.4 Å². The number of rotatable bonds is 6. The van der Waals surface area contributed by atoms with Crippen LogP contribution in [0.5, 0.6) is 0 Å². The lowest BCUT2D eigenvalue weighted by atomic mass is 9.78. The molecule has 2 aliphatic carbocycles. The van der Waals surface area contributed by atoms with Crippen LogP contribution in [0.1, 0.15) is 53.4 Å². The van der Waals surface area contributed by atoms with Gasteiger partial charge in [-0.1, -0.05) is 52.5 Å². The van der Waals surface area contributed by atoms with Crippen molar-refractivity contribution in [2.24, 2.45) is 22.2 Å². The summed E-state index contributed by atoms with van der Waals surface area (Å²) in [5.74, 6) is 2.66. The quantitative estimate of drug-likeness (QED) is 0.421. The van der Waals surface area contributed by atoms with E-state index in [4.69, 9.17) is 9.73 Å². The number of amidine groups is 1. The summed E-state index contributed by atoms with van der Waals surface area (Å²) in [7, 11) is 0. The van der Waals surface area contributed by atoms with Gasteiger partial charge in [0.05, 0.1) is 6.26 Å². The summed E-state index contributed by atoms with van der Waals surface area (Å²) in [4.78, 5) is 7.41. The predicted molar refractivity (Wildman–Crippen MR) is 155 cm³/mol. The third-order valence-corrected chi connectivity index (χ3v) is 8.66. The molecule has 194 valence electrons. The van der Waals surface area contributed by atoms with Gasteiger partial charge in [0.25, 0.3) is 0 Å². The predicted octanol–water partition coefficient (Wildman–Crippen LogP) is 7.28. The van der Waals surface area contributed by atoms with Gasteiger partial charge < -0.3 is 15.0 Å². The highest BCUT2D eigenvalue weighted by Crippen LogP contribution is 2.48. The van der Waals surface area contributed by atoms with Crippen LogP contribution in [0, 0.1) is 17.3 Å². The van der Waals surface area contributed by atoms with E-state index >= 15 is 0 Å². The number of fused-ring (bicyclic) bond motifs is 1. The van der Waals surface area contributed by atoms with E-state index < -0.39 is 0 Å². The topological polar surface area (TPSA) is 36.9 Å². The first kappa shape index (κ1) is 25.4. The Morgan fingerprint density at radius 2 is 2.05 bits per heavy atom. The maximum Gasteiger partial charge on any atom is 0.129 e. The van der Waals surface area contributed by atoms with Crippen molar-refractivity contribution in [3.05, 3.63) is 107 Å². The number of hydrogen-bond donors (Lipinski definition) is 1. The second-order valence-electron chi connectivity index (χ2n) is 11.3. The molecule has 0 radical (unpaired) electrons. The molecule has 4 heteroatoms. The molecular weight excluding hydrogens is 454 g/mol. The number of piperidine rings is 1. The van der Waals surface area contributed by atoms with Crippen LogP contribution >= 0.6 is 0 Å². The fourth-order valence-electron chi connectivity index (χ4n) is 5.69. The van der Waals surface area contributed by atoms with Gasteiger partial charge in [0.1, 0.15) is 11.6 Å². The third-order valence-electron chi connectivity index (χ3n) is 8.66. The van der Waals surface area contributed by atoms with Gasteiger partial charge in [0.2, 0.25) is 0 Å². The van der Waals surface area contributed by atoms with E-state index in [1.807, 2.05) is 6.08 Å². The minimum atomic E-state index is 0.340. The molecule has 3 heterocycles. The minimum absolute atomic E-state index is 0.340. The molecule has 0 aromatic carbocycles. The lowest BCUT2D eigenvalue weighted by molar-refractivity contribution is 0.162. The monoisotopic (exact) mass is 495 g/mol. The van der Waals surface area contributed by atoms with Gasteiger partial charge in [-0.15, -0.1) is 0 Å². The van der Waals surface area contributed by atoms with E-state index in [2.05, 4.69) is 87.5 Å². The van der Waals surface area contributed by atoms with Crippen molar-refractivity contribution in [3.63, 3.8) is 0 Å². The van der Waals surface area contributed by atoms with E-state index in [9.17, 15) is 0 Å². The molecule has 0 bridgehead atoms. The molecule has 4 nitrogen and oxygen atoms in total. The zero-order chi connectivity index (χ0) is 26.2. The van der Waals surface area contributed by atoms with Gasteiger partial charge in [-0.05, 0) is 84.3 Å². The second kappa shape index (κ2) is 10.2. The van der Waals surface area contributed by atoms with Crippen molar-refractivity contribution in [2.75, 3.05) is 19.6 Å². The Hall–Kier alpha value is -3.27. The number of aliphatic imine (C=N–C) groups is 1. The summed E-state index contributed by atoms with van der Waals surface area (Å²) in [6.45, 7) is 20.8. The highest BCUT2D eigenvalue weighted by Gasteiger charge is 2.37. The van der Waals surface area contributed by atoms with Crippen LogP contribution in [-0.2, 0) is 4.74 Å². The molecule has 0 spiro atoms. The van der Waals surface area contributed by atoms with Crippen molar-refractivity contribution < 1.29 is 4.74 Å². The molecule has 1 saturated heterocycles. The summed E-state index contributed by atoms with van der Waals surface area (Å²) in [5.41, 5.74) is 8.56. The Labute approximate surface area is 223 Å². The van der Waals surface area contributed by atoms with Crippen LogP contribution in [0.2, 0.25) is 0 Å². The number of hydrogen-bond acceptors (Lipinski definition) is 4. The number of nitrogens with one attached hydrogen (secondary N) is 1. The van der Waals surface area contributed by atoms with Gasteiger partial charge >= 0.3 is 0 Å². The molecule has 1 N–H and O–H groups in total. The van der Waals surface area contributed by atoms with Gasteiger partial charge in [-0.25, -0.2) is 0 Å². The SMILES string of the molecule is C=C(/C=C1/C=C(NC(=C)C2=CC(N3CCC(C)(CC)CC3)=NCC2C)C2=CC2/C1=C/C)C1=CCC=CO1. The summed E-state index contributed by atoms with van der Waals surface area (Å²) < 4.78 is 5.68. The molecule has 0 saturated carbocycles. The summed E-state index contributed by atoms with van der Waals surface area (Å²) >= 11 is 0. The number of ether oxygens (including phenoxy) is 1. The number of nitrogens with zero attached hydrogens (tertiary/aromatic N) is 2. The zero-order valence-corrected chi connectivity index (χ0v) is 22.9. The molecule has 2 atom stereocenters. The highest BCUT2D eigenvalue weighted by molar-refractivity contribution is 5.95. The van der Waals surface area contributed by atoms with Gasteiger partial charge in [0.15, 0.2) is 0 Å². The van der Waals surface area contributed by atoms with Crippen molar-refractivity contribution in [1.29, 1.82) is 0 Å². The Bertz CT molecular complexity index is 1240. The van der Waals surface area contributed by atoms with E-state index in [1.54, 1.807) is 6.26 Å². The number of allylic oxidation sites excluding steroid dienone is 10. The third kappa shape index (κ3) is 5.25. The first-order valence-electron chi connectivity index (χ1n) is 13.8. The molecule has 2 unspecified atom stereocenters. The largest absolute Gasteiger partial charge is 0.465 e. The normalized spacial score (nSPS) is 28.3.